The van der Waals surface area contributed by atoms with Crippen molar-refractivity contribution < 1.29 is 24.2 Å². The molecule has 0 spiro atoms. The van der Waals surface area contributed by atoms with E-state index in [-0.39, 0.29) is 17.9 Å². The third-order valence-corrected chi connectivity index (χ3v) is 3.95. The zero-order valence-electron chi connectivity index (χ0n) is 17.2. The smallest absolute Gasteiger partial charge is 0.410 e. The minimum absolute atomic E-state index is 0.0804. The minimum atomic E-state index is -1.13. The van der Waals surface area contributed by atoms with Gasteiger partial charge in [-0.05, 0) is 33.1 Å². The number of amides is 2. The van der Waals surface area contributed by atoms with Gasteiger partial charge < -0.3 is 25.0 Å². The van der Waals surface area contributed by atoms with Gasteiger partial charge in [0.05, 0.1) is 0 Å². The monoisotopic (exact) mass is 394 g/mol. The van der Waals surface area contributed by atoms with Gasteiger partial charge in [0, 0.05) is 32.4 Å². The Morgan fingerprint density at radius 2 is 1.79 bits per heavy atom. The normalized spacial score (nSPS) is 16.4. The maximum absolute atomic E-state index is 12.3. The van der Waals surface area contributed by atoms with E-state index in [4.69, 9.17) is 4.74 Å². The Morgan fingerprint density at radius 3 is 2.21 bits per heavy atom. The molecule has 9 nitrogen and oxygen atoms in total. The van der Waals surface area contributed by atoms with Crippen LogP contribution in [0.5, 0.6) is 0 Å². The summed E-state index contributed by atoms with van der Waals surface area (Å²) in [7, 11) is 0. The van der Waals surface area contributed by atoms with E-state index in [0.717, 1.165) is 0 Å². The molecule has 0 aliphatic carbocycles. The molecule has 1 heterocycles. The molecule has 0 aromatic rings. The van der Waals surface area contributed by atoms with Crippen LogP contribution < -0.4 is 5.32 Å². The lowest BCUT2D eigenvalue weighted by Gasteiger charge is -2.35. The highest BCUT2D eigenvalue weighted by Crippen LogP contribution is 2.13. The Balaban J connectivity index is 2.68. The number of piperazine rings is 1. The molecule has 0 radical (unpaired) electrons. The van der Waals surface area contributed by atoms with Crippen LogP contribution in [0.3, 0.4) is 0 Å². The maximum Gasteiger partial charge on any atom is 0.410 e. The summed E-state index contributed by atoms with van der Waals surface area (Å²) in [5, 5.41) is 20.9. The lowest BCUT2D eigenvalue weighted by Crippen LogP contribution is -2.48. The average molecular weight is 394 g/mol. The molecule has 1 fully saturated rings. The zero-order valence-corrected chi connectivity index (χ0v) is 17.2. The Bertz CT molecular complexity index is 652. The molecular weight excluding hydrogens is 364 g/mol. The molecule has 1 aliphatic heterocycles. The van der Waals surface area contributed by atoms with E-state index < -0.39 is 29.6 Å². The van der Waals surface area contributed by atoms with E-state index in [0.29, 0.717) is 26.2 Å². The van der Waals surface area contributed by atoms with Crippen LogP contribution in [0.1, 0.15) is 41.0 Å². The Labute approximate surface area is 165 Å². The summed E-state index contributed by atoms with van der Waals surface area (Å²) in [6, 6.07) is 0.773. The number of hydrogen-bond acceptors (Lipinski definition) is 6. The molecule has 2 amide bonds. The van der Waals surface area contributed by atoms with E-state index in [1.807, 2.05) is 19.9 Å². The summed E-state index contributed by atoms with van der Waals surface area (Å²) in [5.74, 6) is -1.77. The first-order valence-corrected chi connectivity index (χ1v) is 9.30. The third kappa shape index (κ3) is 7.86. The van der Waals surface area contributed by atoms with Crippen molar-refractivity contribution >= 4 is 18.0 Å². The van der Waals surface area contributed by atoms with Gasteiger partial charge in [0.1, 0.15) is 23.3 Å². The molecular formula is C19H30N4O5. The van der Waals surface area contributed by atoms with Gasteiger partial charge in [-0.2, -0.15) is 5.26 Å². The van der Waals surface area contributed by atoms with Gasteiger partial charge in [0.15, 0.2) is 0 Å². The van der Waals surface area contributed by atoms with Crippen LogP contribution in [0.25, 0.3) is 0 Å². The van der Waals surface area contributed by atoms with Gasteiger partial charge in [-0.15, -0.1) is 0 Å². The number of carbonyl (C=O) groups is 3. The molecule has 156 valence electrons. The quantitative estimate of drug-likeness (QED) is 0.518. The van der Waals surface area contributed by atoms with Gasteiger partial charge in [-0.1, -0.05) is 13.8 Å². The van der Waals surface area contributed by atoms with Crippen molar-refractivity contribution in [3.8, 4) is 6.07 Å². The molecule has 0 bridgehead atoms. The van der Waals surface area contributed by atoms with E-state index >= 15 is 0 Å². The highest BCUT2D eigenvalue weighted by Gasteiger charge is 2.26. The second kappa shape index (κ2) is 9.97. The second-order valence-electron chi connectivity index (χ2n) is 8.15. The van der Waals surface area contributed by atoms with Crippen LogP contribution in [0.4, 0.5) is 4.79 Å². The summed E-state index contributed by atoms with van der Waals surface area (Å²) in [4.78, 5) is 39.0. The molecule has 1 atom stereocenters. The van der Waals surface area contributed by atoms with Gasteiger partial charge in [0.2, 0.25) is 0 Å². The van der Waals surface area contributed by atoms with Gasteiger partial charge in [-0.3, -0.25) is 4.79 Å². The van der Waals surface area contributed by atoms with Crippen LogP contribution in [0, 0.1) is 17.2 Å². The van der Waals surface area contributed by atoms with E-state index in [1.54, 1.807) is 30.6 Å². The van der Waals surface area contributed by atoms with Crippen molar-refractivity contribution in [3.63, 3.8) is 0 Å². The molecule has 2 N–H and O–H groups in total. The number of carboxylic acids is 1. The number of nitriles is 1. The highest BCUT2D eigenvalue weighted by molar-refractivity contribution is 5.99. The number of carbonyl (C=O) groups excluding carboxylic acids is 2. The summed E-state index contributed by atoms with van der Waals surface area (Å²) in [6.45, 7) is 10.8. The first-order chi connectivity index (χ1) is 12.9. The van der Waals surface area contributed by atoms with Crippen LogP contribution >= 0.6 is 0 Å². The fourth-order valence-corrected chi connectivity index (χ4v) is 2.61. The predicted molar refractivity (Wildman–Crippen MR) is 102 cm³/mol. The topological polar surface area (TPSA) is 123 Å². The lowest BCUT2D eigenvalue weighted by atomic mass is 10.0. The largest absolute Gasteiger partial charge is 0.480 e. The number of nitrogens with one attached hydrogen (secondary N) is 1. The summed E-state index contributed by atoms with van der Waals surface area (Å²) in [5.41, 5.74) is -0.739. The molecule has 0 aromatic heterocycles. The van der Waals surface area contributed by atoms with Crippen LogP contribution in [-0.4, -0.2) is 70.7 Å². The highest BCUT2D eigenvalue weighted by atomic mass is 16.6. The molecule has 9 heteroatoms. The Morgan fingerprint density at radius 1 is 1.21 bits per heavy atom. The Kier molecular flexibility index (Phi) is 8.29. The van der Waals surface area contributed by atoms with Crippen molar-refractivity contribution in [1.82, 2.24) is 15.1 Å². The van der Waals surface area contributed by atoms with Crippen molar-refractivity contribution in [2.45, 2.75) is 52.7 Å². The SMILES string of the molecule is CC(C)CC(NC(=O)/C(C#N)=C\N1CCN(C(=O)OC(C)(C)C)CC1)C(=O)O. The standard InChI is InChI=1S/C19H30N4O5/c1-13(2)10-15(17(25)26)21-16(24)14(11-20)12-22-6-8-23(9-7-22)18(27)28-19(3,4)5/h12-13,15H,6-10H2,1-5H3,(H,21,24)(H,25,26)/b14-12-. The number of hydrogen-bond donors (Lipinski definition) is 2. The van der Waals surface area contributed by atoms with E-state index in [9.17, 15) is 24.8 Å². The van der Waals surface area contributed by atoms with Crippen molar-refractivity contribution in [3.05, 3.63) is 11.8 Å². The lowest BCUT2D eigenvalue weighted by molar-refractivity contribution is -0.141. The van der Waals surface area contributed by atoms with Crippen LogP contribution in [-0.2, 0) is 14.3 Å². The predicted octanol–water partition coefficient (Wildman–Crippen LogP) is 1.56. The first kappa shape index (κ1) is 23.3. The van der Waals surface area contributed by atoms with Crippen LogP contribution in [0.2, 0.25) is 0 Å². The summed E-state index contributed by atoms with van der Waals surface area (Å²) in [6.07, 6.45) is 1.29. The van der Waals surface area contributed by atoms with Gasteiger partial charge >= 0.3 is 12.1 Å². The third-order valence-electron chi connectivity index (χ3n) is 3.95. The minimum Gasteiger partial charge on any atom is -0.480 e. The fraction of sp³-hybridized carbons (Fsp3) is 0.684. The molecule has 1 rings (SSSR count). The molecule has 1 aliphatic rings. The fourth-order valence-electron chi connectivity index (χ4n) is 2.61. The van der Waals surface area contributed by atoms with Crippen molar-refractivity contribution in [1.29, 1.82) is 5.26 Å². The number of nitrogens with zero attached hydrogens (tertiary/aromatic N) is 3. The Hall–Kier alpha value is -2.76. The van der Waals surface area contributed by atoms with Gasteiger partial charge in [0.25, 0.3) is 5.91 Å². The van der Waals surface area contributed by atoms with E-state index in [2.05, 4.69) is 5.32 Å². The number of carboxylic acid groups (broad SMARTS) is 1. The number of aliphatic carboxylic acids is 1. The molecule has 0 saturated carbocycles. The molecule has 1 saturated heterocycles. The number of ether oxygens (including phenoxy) is 1. The zero-order chi connectivity index (χ0) is 21.5. The average Bonchev–Trinajstić information content (AvgIpc) is 2.57. The molecule has 1 unspecified atom stereocenters. The van der Waals surface area contributed by atoms with Crippen molar-refractivity contribution in [2.24, 2.45) is 5.92 Å². The van der Waals surface area contributed by atoms with Crippen molar-refractivity contribution in [2.75, 3.05) is 26.2 Å². The second-order valence-corrected chi connectivity index (χ2v) is 8.15. The summed E-state index contributed by atoms with van der Waals surface area (Å²) < 4.78 is 5.33. The first-order valence-electron chi connectivity index (χ1n) is 9.30. The summed E-state index contributed by atoms with van der Waals surface area (Å²) >= 11 is 0. The van der Waals surface area contributed by atoms with E-state index in [1.165, 1.54) is 6.20 Å². The van der Waals surface area contributed by atoms with Gasteiger partial charge in [-0.25, -0.2) is 9.59 Å². The maximum atomic E-state index is 12.3. The number of rotatable bonds is 6. The molecule has 28 heavy (non-hydrogen) atoms. The van der Waals surface area contributed by atoms with Crippen LogP contribution in [0.15, 0.2) is 11.8 Å². The molecule has 0 aromatic carbocycles.